The van der Waals surface area contributed by atoms with E-state index < -0.39 is 22.0 Å². The first-order valence-corrected chi connectivity index (χ1v) is 12.2. The number of aryl methyl sites for hydroxylation is 1. The fraction of sp³-hybridized carbons (Fsp3) is 0.409. The minimum absolute atomic E-state index is 0.0231. The van der Waals surface area contributed by atoms with Gasteiger partial charge in [0.15, 0.2) is 0 Å². The Hall–Kier alpha value is -2.98. The Morgan fingerprint density at radius 3 is 2.56 bits per heavy atom. The van der Waals surface area contributed by atoms with E-state index in [0.29, 0.717) is 18.8 Å². The van der Waals surface area contributed by atoms with Crippen molar-refractivity contribution in [1.29, 1.82) is 0 Å². The van der Waals surface area contributed by atoms with Crippen molar-refractivity contribution in [2.75, 3.05) is 29.9 Å². The summed E-state index contributed by atoms with van der Waals surface area (Å²) in [7, 11) is -3.93. The molecular formula is C22H27N5O4S. The van der Waals surface area contributed by atoms with Gasteiger partial charge in [0.25, 0.3) is 0 Å². The molecule has 2 N–H and O–H groups in total. The van der Waals surface area contributed by atoms with Crippen LogP contribution in [0.4, 0.5) is 16.3 Å². The number of likely N-dealkylation sites (tertiary alicyclic amines) is 1. The number of urea groups is 1. The van der Waals surface area contributed by atoms with Crippen LogP contribution in [0.1, 0.15) is 30.9 Å². The predicted octanol–water partition coefficient (Wildman–Crippen LogP) is 2.27. The van der Waals surface area contributed by atoms with Gasteiger partial charge in [-0.1, -0.05) is 0 Å². The van der Waals surface area contributed by atoms with Crippen LogP contribution in [0.2, 0.25) is 0 Å². The summed E-state index contributed by atoms with van der Waals surface area (Å²) in [6.07, 6.45) is 4.19. The lowest BCUT2D eigenvalue weighted by atomic mass is 10.2. The Morgan fingerprint density at radius 2 is 1.84 bits per heavy atom. The van der Waals surface area contributed by atoms with E-state index in [4.69, 9.17) is 0 Å². The molecule has 0 radical (unpaired) electrons. The number of anilines is 2. The first kappa shape index (κ1) is 22.2. The van der Waals surface area contributed by atoms with Gasteiger partial charge in [-0.15, -0.1) is 0 Å². The highest BCUT2D eigenvalue weighted by Gasteiger charge is 2.31. The van der Waals surface area contributed by atoms with Gasteiger partial charge in [0, 0.05) is 31.5 Å². The minimum atomic E-state index is -3.93. The molecule has 1 aromatic heterocycles. The maximum Gasteiger partial charge on any atom is 0.324 e. The zero-order valence-electron chi connectivity index (χ0n) is 18.2. The lowest BCUT2D eigenvalue weighted by Crippen LogP contribution is -2.41. The van der Waals surface area contributed by atoms with E-state index in [2.05, 4.69) is 15.0 Å². The Balaban J connectivity index is 1.45. The molecule has 0 saturated carbocycles. The number of benzene rings is 1. The van der Waals surface area contributed by atoms with Crippen LogP contribution in [0.25, 0.3) is 0 Å². The third-order valence-electron chi connectivity index (χ3n) is 5.76. The molecule has 3 amide bonds. The van der Waals surface area contributed by atoms with E-state index in [9.17, 15) is 18.0 Å². The van der Waals surface area contributed by atoms with Gasteiger partial charge in [-0.05, 0) is 74.6 Å². The maximum atomic E-state index is 12.9. The molecule has 2 aromatic rings. The van der Waals surface area contributed by atoms with Crippen LogP contribution in [-0.2, 0) is 21.2 Å². The number of amides is 3. The van der Waals surface area contributed by atoms with E-state index in [1.165, 1.54) is 13.0 Å². The Kier molecular flexibility index (Phi) is 6.16. The Morgan fingerprint density at radius 1 is 1.09 bits per heavy atom. The molecule has 0 bridgehead atoms. The second kappa shape index (κ2) is 8.87. The number of carbonyl (C=O) groups is 2. The fourth-order valence-corrected chi connectivity index (χ4v) is 5.27. The molecule has 1 fully saturated rings. The average Bonchev–Trinajstić information content (AvgIpc) is 3.42. The summed E-state index contributed by atoms with van der Waals surface area (Å²) >= 11 is 0. The highest BCUT2D eigenvalue weighted by Crippen LogP contribution is 2.31. The van der Waals surface area contributed by atoms with Gasteiger partial charge in [-0.2, -0.15) is 4.72 Å². The summed E-state index contributed by atoms with van der Waals surface area (Å²) in [5.74, 6) is -0.142. The molecule has 9 nitrogen and oxygen atoms in total. The van der Waals surface area contributed by atoms with Gasteiger partial charge < -0.3 is 10.2 Å². The van der Waals surface area contributed by atoms with Crippen LogP contribution in [-0.4, -0.2) is 55.9 Å². The minimum Gasteiger partial charge on any atom is -0.324 e. The van der Waals surface area contributed by atoms with Gasteiger partial charge in [-0.3, -0.25) is 9.69 Å². The van der Waals surface area contributed by atoms with Crippen molar-refractivity contribution in [2.24, 2.45) is 0 Å². The fourth-order valence-electron chi connectivity index (χ4n) is 4.02. The second-order valence-corrected chi connectivity index (χ2v) is 9.93. The van der Waals surface area contributed by atoms with Crippen molar-refractivity contribution < 1.29 is 18.0 Å². The van der Waals surface area contributed by atoms with Crippen LogP contribution >= 0.6 is 0 Å². The number of fused-ring (bicyclic) bond motifs is 1. The van der Waals surface area contributed by atoms with E-state index >= 15 is 0 Å². The number of hydrogen-bond donors (Lipinski definition) is 2. The topological polar surface area (TPSA) is 112 Å². The van der Waals surface area contributed by atoms with Crippen molar-refractivity contribution >= 4 is 33.5 Å². The number of rotatable bonds is 5. The number of sulfonamides is 1. The van der Waals surface area contributed by atoms with Crippen LogP contribution < -0.4 is 14.9 Å². The molecule has 1 saturated heterocycles. The van der Waals surface area contributed by atoms with Crippen LogP contribution in [0.15, 0.2) is 41.4 Å². The average molecular weight is 458 g/mol. The normalized spacial score (nSPS) is 16.7. The SMILES string of the molecule is Cc1ccnc(NC(=O)C(C)NS(=O)(=O)c2ccc3c(c2)CCN3C(=O)N2CCCC2)c1. The number of carbonyl (C=O) groups excluding carboxylic acids is 2. The quantitative estimate of drug-likeness (QED) is 0.715. The van der Waals surface area contributed by atoms with Crippen molar-refractivity contribution in [1.82, 2.24) is 14.6 Å². The van der Waals surface area contributed by atoms with E-state index in [0.717, 1.165) is 42.7 Å². The van der Waals surface area contributed by atoms with Crippen molar-refractivity contribution in [3.8, 4) is 0 Å². The highest BCUT2D eigenvalue weighted by atomic mass is 32.2. The van der Waals surface area contributed by atoms with E-state index in [-0.39, 0.29) is 10.9 Å². The van der Waals surface area contributed by atoms with Crippen molar-refractivity contribution in [3.63, 3.8) is 0 Å². The van der Waals surface area contributed by atoms with E-state index in [1.807, 2.05) is 11.8 Å². The van der Waals surface area contributed by atoms with Crippen molar-refractivity contribution in [2.45, 2.75) is 44.0 Å². The van der Waals surface area contributed by atoms with Crippen molar-refractivity contribution in [3.05, 3.63) is 47.7 Å². The number of nitrogens with zero attached hydrogens (tertiary/aromatic N) is 3. The van der Waals surface area contributed by atoms with Gasteiger partial charge in [0.2, 0.25) is 15.9 Å². The van der Waals surface area contributed by atoms with E-state index in [1.54, 1.807) is 35.4 Å². The van der Waals surface area contributed by atoms with Gasteiger partial charge >= 0.3 is 6.03 Å². The Bertz CT molecular complexity index is 1140. The molecule has 170 valence electrons. The summed E-state index contributed by atoms with van der Waals surface area (Å²) in [4.78, 5) is 32.9. The third-order valence-corrected chi connectivity index (χ3v) is 7.29. The number of aromatic nitrogens is 1. The predicted molar refractivity (Wildman–Crippen MR) is 121 cm³/mol. The number of hydrogen-bond acceptors (Lipinski definition) is 5. The number of pyridine rings is 1. The number of nitrogens with one attached hydrogen (secondary N) is 2. The molecule has 32 heavy (non-hydrogen) atoms. The molecule has 4 rings (SSSR count). The molecule has 0 spiro atoms. The van der Waals surface area contributed by atoms with Gasteiger partial charge in [0.1, 0.15) is 5.82 Å². The Labute approximate surface area is 187 Å². The smallest absolute Gasteiger partial charge is 0.324 e. The van der Waals surface area contributed by atoms with Gasteiger partial charge in [-0.25, -0.2) is 18.2 Å². The maximum absolute atomic E-state index is 12.9. The summed E-state index contributed by atoms with van der Waals surface area (Å²) in [6.45, 7) is 5.41. The molecule has 2 aliphatic heterocycles. The van der Waals surface area contributed by atoms with Crippen LogP contribution in [0.5, 0.6) is 0 Å². The first-order chi connectivity index (χ1) is 15.2. The zero-order valence-corrected chi connectivity index (χ0v) is 19.0. The summed E-state index contributed by atoms with van der Waals surface area (Å²) < 4.78 is 28.2. The largest absolute Gasteiger partial charge is 0.324 e. The monoisotopic (exact) mass is 457 g/mol. The molecule has 10 heteroatoms. The lowest BCUT2D eigenvalue weighted by Gasteiger charge is -2.24. The molecule has 1 atom stereocenters. The molecule has 3 heterocycles. The van der Waals surface area contributed by atoms with Crippen LogP contribution in [0.3, 0.4) is 0 Å². The summed E-state index contributed by atoms with van der Waals surface area (Å²) in [6, 6.07) is 7.22. The molecule has 1 unspecified atom stereocenters. The first-order valence-electron chi connectivity index (χ1n) is 10.7. The van der Waals surface area contributed by atoms with Crippen LogP contribution in [0, 0.1) is 6.92 Å². The molecular weight excluding hydrogens is 430 g/mol. The van der Waals surface area contributed by atoms with Gasteiger partial charge in [0.05, 0.1) is 10.9 Å². The third kappa shape index (κ3) is 4.61. The zero-order chi connectivity index (χ0) is 22.9. The second-order valence-electron chi connectivity index (χ2n) is 8.22. The standard InChI is InChI=1S/C22H27N5O4S/c1-15-7-9-23-20(13-15)24-21(28)16(2)25-32(30,31)18-5-6-19-17(14-18)8-12-27(19)22(29)26-10-3-4-11-26/h5-7,9,13-14,16,25H,3-4,8,10-12H2,1-2H3,(H,23,24,28). The molecule has 0 aliphatic carbocycles. The summed E-state index contributed by atoms with van der Waals surface area (Å²) in [5.41, 5.74) is 2.48. The molecule has 1 aromatic carbocycles. The highest BCUT2D eigenvalue weighted by molar-refractivity contribution is 7.89. The molecule has 2 aliphatic rings. The summed E-state index contributed by atoms with van der Waals surface area (Å²) in [5, 5.41) is 2.62. The lowest BCUT2D eigenvalue weighted by molar-refractivity contribution is -0.117.